The highest BCUT2D eigenvalue weighted by atomic mass is 32.2. The molecule has 2 rings (SSSR count). The van der Waals surface area contributed by atoms with Crippen molar-refractivity contribution in [3.8, 4) is 0 Å². The molecule has 2 aromatic heterocycles. The van der Waals surface area contributed by atoms with Crippen molar-refractivity contribution in [2.24, 2.45) is 0 Å². The molecule has 0 N–H and O–H groups in total. The summed E-state index contributed by atoms with van der Waals surface area (Å²) in [5, 5.41) is 0. The van der Waals surface area contributed by atoms with Gasteiger partial charge in [0, 0.05) is 31.3 Å². The molecule has 2 aromatic rings. The molecule has 0 radical (unpaired) electrons. The van der Waals surface area contributed by atoms with Gasteiger partial charge in [-0.2, -0.15) is 0 Å². The molecule has 0 aliphatic heterocycles. The highest BCUT2D eigenvalue weighted by Crippen LogP contribution is 2.21. The fourth-order valence-electron chi connectivity index (χ4n) is 1.63. The Balaban J connectivity index is 2.46. The summed E-state index contributed by atoms with van der Waals surface area (Å²) < 4.78 is 26.2. The van der Waals surface area contributed by atoms with E-state index < -0.39 is 10.0 Å². The van der Waals surface area contributed by atoms with Crippen molar-refractivity contribution < 1.29 is 8.42 Å². The van der Waals surface area contributed by atoms with Crippen molar-refractivity contribution in [3.63, 3.8) is 0 Å². The van der Waals surface area contributed by atoms with Crippen molar-refractivity contribution in [1.29, 1.82) is 0 Å². The van der Waals surface area contributed by atoms with Crippen LogP contribution < -0.4 is 4.31 Å². The van der Waals surface area contributed by atoms with Gasteiger partial charge in [-0.1, -0.05) is 0 Å². The monoisotopic (exact) mass is 263 g/mol. The summed E-state index contributed by atoms with van der Waals surface area (Å²) in [7, 11) is -3.56. The van der Waals surface area contributed by atoms with Crippen molar-refractivity contribution >= 4 is 15.7 Å². The van der Waals surface area contributed by atoms with Gasteiger partial charge < -0.3 is 0 Å². The average molecular weight is 263 g/mol. The maximum atomic E-state index is 12.4. The van der Waals surface area contributed by atoms with E-state index >= 15 is 0 Å². The van der Waals surface area contributed by atoms with Gasteiger partial charge in [-0.25, -0.2) is 8.42 Å². The van der Waals surface area contributed by atoms with Crippen LogP contribution in [0.15, 0.2) is 53.9 Å². The molecule has 94 valence electrons. The number of pyridine rings is 2. The molecule has 0 saturated heterocycles. The van der Waals surface area contributed by atoms with Gasteiger partial charge in [0.05, 0.1) is 5.69 Å². The third-order valence-corrected chi connectivity index (χ3v) is 4.35. The SMILES string of the molecule is CCN(c1ccncc1)S(=O)(=O)c1cccnc1. The zero-order valence-electron chi connectivity index (χ0n) is 9.89. The first-order valence-electron chi connectivity index (χ1n) is 5.49. The zero-order valence-corrected chi connectivity index (χ0v) is 10.7. The minimum atomic E-state index is -3.56. The number of rotatable bonds is 4. The number of hydrogen-bond acceptors (Lipinski definition) is 4. The second-order valence-electron chi connectivity index (χ2n) is 3.56. The normalized spacial score (nSPS) is 11.2. The maximum absolute atomic E-state index is 12.4. The number of sulfonamides is 1. The molecule has 0 atom stereocenters. The largest absolute Gasteiger partial charge is 0.266 e. The fourth-order valence-corrected chi connectivity index (χ4v) is 3.07. The average Bonchev–Trinajstić information content (AvgIpc) is 2.41. The summed E-state index contributed by atoms with van der Waals surface area (Å²) in [6.07, 6.45) is 6.02. The lowest BCUT2D eigenvalue weighted by molar-refractivity contribution is 0.591. The minimum absolute atomic E-state index is 0.184. The van der Waals surface area contributed by atoms with Gasteiger partial charge in [0.15, 0.2) is 0 Å². The van der Waals surface area contributed by atoms with E-state index in [2.05, 4.69) is 9.97 Å². The molecule has 0 aliphatic carbocycles. The first-order valence-corrected chi connectivity index (χ1v) is 6.93. The van der Waals surface area contributed by atoms with E-state index in [1.165, 1.54) is 16.6 Å². The zero-order chi connectivity index (χ0) is 13.0. The number of hydrogen-bond donors (Lipinski definition) is 0. The van der Waals surface area contributed by atoms with Crippen molar-refractivity contribution in [3.05, 3.63) is 49.1 Å². The third-order valence-electron chi connectivity index (χ3n) is 2.46. The van der Waals surface area contributed by atoms with Crippen LogP contribution in [0.1, 0.15) is 6.92 Å². The van der Waals surface area contributed by atoms with E-state index in [0.29, 0.717) is 12.2 Å². The van der Waals surface area contributed by atoms with Crippen LogP contribution in [0.25, 0.3) is 0 Å². The molecule has 0 amide bonds. The molecular formula is C12H13N3O2S. The topological polar surface area (TPSA) is 63.2 Å². The summed E-state index contributed by atoms with van der Waals surface area (Å²) in [5.74, 6) is 0. The van der Waals surface area contributed by atoms with Gasteiger partial charge >= 0.3 is 0 Å². The van der Waals surface area contributed by atoms with E-state index in [4.69, 9.17) is 0 Å². The smallest absolute Gasteiger partial charge is 0.265 e. The molecule has 0 aromatic carbocycles. The molecule has 18 heavy (non-hydrogen) atoms. The quantitative estimate of drug-likeness (QED) is 0.842. The van der Waals surface area contributed by atoms with Crippen LogP contribution in [0.4, 0.5) is 5.69 Å². The lowest BCUT2D eigenvalue weighted by atomic mass is 10.4. The summed E-state index contributed by atoms with van der Waals surface area (Å²) in [6.45, 7) is 2.13. The Morgan fingerprint density at radius 1 is 1.11 bits per heavy atom. The van der Waals surface area contributed by atoms with E-state index in [-0.39, 0.29) is 4.90 Å². The molecule has 0 bridgehead atoms. The van der Waals surface area contributed by atoms with Crippen LogP contribution in [0, 0.1) is 0 Å². The van der Waals surface area contributed by atoms with Crippen LogP contribution >= 0.6 is 0 Å². The standard InChI is InChI=1S/C12H13N3O2S/c1-2-15(11-5-8-13-9-6-11)18(16,17)12-4-3-7-14-10-12/h3-10H,2H2,1H3. The lowest BCUT2D eigenvalue weighted by Crippen LogP contribution is -2.30. The Morgan fingerprint density at radius 3 is 2.39 bits per heavy atom. The minimum Gasteiger partial charge on any atom is -0.266 e. The number of nitrogens with zero attached hydrogens (tertiary/aromatic N) is 3. The second kappa shape index (κ2) is 5.14. The van der Waals surface area contributed by atoms with Crippen LogP contribution in [0.5, 0.6) is 0 Å². The lowest BCUT2D eigenvalue weighted by Gasteiger charge is -2.22. The first kappa shape index (κ1) is 12.5. The van der Waals surface area contributed by atoms with Crippen LogP contribution in [0.3, 0.4) is 0 Å². The number of aromatic nitrogens is 2. The summed E-state index contributed by atoms with van der Waals surface area (Å²) in [4.78, 5) is 7.91. The number of anilines is 1. The molecular weight excluding hydrogens is 250 g/mol. The molecule has 0 unspecified atom stereocenters. The molecule has 6 heteroatoms. The van der Waals surface area contributed by atoms with E-state index in [0.717, 1.165) is 0 Å². The van der Waals surface area contributed by atoms with Crippen LogP contribution in [-0.4, -0.2) is 24.9 Å². The predicted molar refractivity (Wildman–Crippen MR) is 68.7 cm³/mol. The summed E-state index contributed by atoms with van der Waals surface area (Å²) in [5.41, 5.74) is 0.594. The summed E-state index contributed by atoms with van der Waals surface area (Å²) in [6, 6.07) is 6.47. The highest BCUT2D eigenvalue weighted by molar-refractivity contribution is 7.92. The summed E-state index contributed by atoms with van der Waals surface area (Å²) >= 11 is 0. The molecule has 0 saturated carbocycles. The van der Waals surface area contributed by atoms with E-state index in [1.807, 2.05) is 0 Å². The Hall–Kier alpha value is -1.95. The van der Waals surface area contributed by atoms with Gasteiger partial charge in [-0.3, -0.25) is 14.3 Å². The molecule has 5 nitrogen and oxygen atoms in total. The molecule has 0 fully saturated rings. The Kier molecular flexibility index (Phi) is 3.57. The molecule has 0 spiro atoms. The van der Waals surface area contributed by atoms with E-state index in [1.54, 1.807) is 43.7 Å². The van der Waals surface area contributed by atoms with Crippen molar-refractivity contribution in [1.82, 2.24) is 9.97 Å². The molecule has 0 aliphatic rings. The van der Waals surface area contributed by atoms with Gasteiger partial charge in [0.2, 0.25) is 0 Å². The maximum Gasteiger partial charge on any atom is 0.265 e. The van der Waals surface area contributed by atoms with Gasteiger partial charge in [0.1, 0.15) is 4.90 Å². The van der Waals surface area contributed by atoms with Crippen molar-refractivity contribution in [2.75, 3.05) is 10.8 Å². The van der Waals surface area contributed by atoms with Gasteiger partial charge in [0.25, 0.3) is 10.0 Å². The third kappa shape index (κ3) is 2.33. The first-order chi connectivity index (χ1) is 8.66. The highest BCUT2D eigenvalue weighted by Gasteiger charge is 2.23. The second-order valence-corrected chi connectivity index (χ2v) is 5.43. The fraction of sp³-hybridized carbons (Fsp3) is 0.167. The van der Waals surface area contributed by atoms with Gasteiger partial charge in [-0.15, -0.1) is 0 Å². The Labute approximate surface area is 106 Å². The van der Waals surface area contributed by atoms with E-state index in [9.17, 15) is 8.42 Å². The predicted octanol–water partition coefficient (Wildman–Crippen LogP) is 1.69. The van der Waals surface area contributed by atoms with Crippen LogP contribution in [0.2, 0.25) is 0 Å². The van der Waals surface area contributed by atoms with Gasteiger partial charge in [-0.05, 0) is 31.2 Å². The Morgan fingerprint density at radius 2 is 1.83 bits per heavy atom. The Bertz CT molecular complexity index is 600. The van der Waals surface area contributed by atoms with Crippen LogP contribution in [-0.2, 0) is 10.0 Å². The molecule has 2 heterocycles. The van der Waals surface area contributed by atoms with Crippen molar-refractivity contribution in [2.45, 2.75) is 11.8 Å².